The van der Waals surface area contributed by atoms with Crippen LogP contribution in [0.15, 0.2) is 22.0 Å². The summed E-state index contributed by atoms with van der Waals surface area (Å²) in [6.07, 6.45) is 0.735. The van der Waals surface area contributed by atoms with Crippen LogP contribution in [0.2, 0.25) is 0 Å². The van der Waals surface area contributed by atoms with E-state index in [1.807, 2.05) is 0 Å². The Morgan fingerprint density at radius 3 is 3.00 bits per heavy atom. The van der Waals surface area contributed by atoms with Crippen LogP contribution in [0.1, 0.15) is 10.4 Å². The van der Waals surface area contributed by atoms with Crippen molar-refractivity contribution in [3.8, 4) is 0 Å². The minimum atomic E-state index is -0.296. The number of fused-ring (bicyclic) bond motifs is 1. The van der Waals surface area contributed by atoms with Crippen LogP contribution in [0.25, 0.3) is 10.1 Å². The number of carbonyl (C=O) groups excluding carboxylic acids is 1. The lowest BCUT2D eigenvalue weighted by molar-refractivity contribution is 0.112. The summed E-state index contributed by atoms with van der Waals surface area (Å²) in [6.45, 7) is 0. The van der Waals surface area contributed by atoms with E-state index in [2.05, 4.69) is 15.9 Å². The molecule has 1 aromatic carbocycles. The van der Waals surface area contributed by atoms with Gasteiger partial charge in [-0.1, -0.05) is 0 Å². The van der Waals surface area contributed by atoms with Crippen LogP contribution in [0.4, 0.5) is 4.39 Å². The minimum Gasteiger partial charge on any atom is -0.298 e. The molecule has 0 bridgehead atoms. The number of halogens is 2. The van der Waals surface area contributed by atoms with Gasteiger partial charge in [-0.15, -0.1) is 11.3 Å². The van der Waals surface area contributed by atoms with Crippen molar-refractivity contribution in [2.75, 3.05) is 0 Å². The monoisotopic (exact) mass is 258 g/mol. The molecule has 2 aromatic rings. The fourth-order valence-electron chi connectivity index (χ4n) is 1.19. The quantitative estimate of drug-likeness (QED) is 0.715. The van der Waals surface area contributed by atoms with E-state index in [-0.39, 0.29) is 5.82 Å². The topological polar surface area (TPSA) is 17.1 Å². The van der Waals surface area contributed by atoms with Crippen LogP contribution in [0.5, 0.6) is 0 Å². The van der Waals surface area contributed by atoms with Crippen LogP contribution in [-0.4, -0.2) is 6.29 Å². The van der Waals surface area contributed by atoms with Crippen molar-refractivity contribution in [1.82, 2.24) is 0 Å². The predicted octanol–water partition coefficient (Wildman–Crippen LogP) is 3.62. The Bertz CT molecular complexity index is 478. The lowest BCUT2D eigenvalue weighted by Crippen LogP contribution is -1.85. The van der Waals surface area contributed by atoms with Crippen LogP contribution < -0.4 is 0 Å². The molecule has 66 valence electrons. The van der Waals surface area contributed by atoms with Crippen molar-refractivity contribution in [2.45, 2.75) is 0 Å². The number of thiophene rings is 1. The predicted molar refractivity (Wildman–Crippen MR) is 54.9 cm³/mol. The summed E-state index contributed by atoms with van der Waals surface area (Å²) in [5.74, 6) is -0.296. The summed E-state index contributed by atoms with van der Waals surface area (Å²) in [5.41, 5.74) is 0.518. The molecule has 13 heavy (non-hydrogen) atoms. The SMILES string of the molecule is O=Cc1cc(Br)c(F)c2sccc12. The van der Waals surface area contributed by atoms with Gasteiger partial charge in [0.1, 0.15) is 0 Å². The first kappa shape index (κ1) is 8.84. The average Bonchev–Trinajstić information content (AvgIpc) is 2.60. The molecule has 0 unspecified atom stereocenters. The Balaban J connectivity index is 2.95. The fraction of sp³-hybridized carbons (Fsp3) is 0. The van der Waals surface area contributed by atoms with Gasteiger partial charge in [-0.2, -0.15) is 0 Å². The molecule has 0 fully saturated rings. The van der Waals surface area contributed by atoms with Gasteiger partial charge in [-0.25, -0.2) is 4.39 Å². The molecule has 0 spiro atoms. The normalized spacial score (nSPS) is 10.6. The second-order valence-corrected chi connectivity index (χ2v) is 4.31. The van der Waals surface area contributed by atoms with Crippen molar-refractivity contribution in [2.24, 2.45) is 0 Å². The third-order valence-corrected chi connectivity index (χ3v) is 3.28. The molecule has 0 radical (unpaired) electrons. The molecule has 0 saturated heterocycles. The standard InChI is InChI=1S/C9H4BrFOS/c10-7-3-5(4-12)6-1-2-13-9(6)8(7)11/h1-4H. The van der Waals surface area contributed by atoms with Crippen LogP contribution in [0.3, 0.4) is 0 Å². The number of benzene rings is 1. The van der Waals surface area contributed by atoms with Gasteiger partial charge in [0.25, 0.3) is 0 Å². The molecule has 1 nitrogen and oxygen atoms in total. The molecule has 2 rings (SSSR count). The molecule has 1 aromatic heterocycles. The molecule has 0 N–H and O–H groups in total. The van der Waals surface area contributed by atoms with Crippen LogP contribution in [-0.2, 0) is 0 Å². The van der Waals surface area contributed by atoms with Gasteiger partial charge in [-0.05, 0) is 33.4 Å². The molecule has 4 heteroatoms. The molecule has 0 atom stereocenters. The first-order chi connectivity index (χ1) is 6.24. The molecule has 0 saturated carbocycles. The lowest BCUT2D eigenvalue weighted by Gasteiger charge is -1.98. The van der Waals surface area contributed by atoms with Crippen LogP contribution >= 0.6 is 27.3 Å². The number of carbonyl (C=O) groups is 1. The third kappa shape index (κ3) is 1.30. The number of rotatable bonds is 1. The molecular formula is C9H4BrFOS. The molecule has 0 aliphatic carbocycles. The van der Waals surface area contributed by atoms with E-state index in [1.54, 1.807) is 11.4 Å². The second kappa shape index (κ2) is 3.20. The van der Waals surface area contributed by atoms with Gasteiger partial charge >= 0.3 is 0 Å². The fourth-order valence-corrected chi connectivity index (χ4v) is 2.63. The van der Waals surface area contributed by atoms with Gasteiger partial charge in [0.15, 0.2) is 12.1 Å². The highest BCUT2D eigenvalue weighted by Crippen LogP contribution is 2.31. The van der Waals surface area contributed by atoms with Crippen molar-refractivity contribution in [1.29, 1.82) is 0 Å². The smallest absolute Gasteiger partial charge is 0.155 e. The van der Waals surface area contributed by atoms with Crippen molar-refractivity contribution in [3.05, 3.63) is 33.4 Å². The largest absolute Gasteiger partial charge is 0.298 e. The summed E-state index contributed by atoms with van der Waals surface area (Å²) >= 11 is 4.36. The Morgan fingerprint density at radius 2 is 2.31 bits per heavy atom. The Morgan fingerprint density at radius 1 is 1.54 bits per heavy atom. The highest BCUT2D eigenvalue weighted by molar-refractivity contribution is 9.10. The van der Waals surface area contributed by atoms with E-state index >= 15 is 0 Å². The summed E-state index contributed by atoms with van der Waals surface area (Å²) in [4.78, 5) is 10.6. The number of aldehydes is 1. The molecule has 0 amide bonds. The summed E-state index contributed by atoms with van der Waals surface area (Å²) in [7, 11) is 0. The Hall–Kier alpha value is -0.740. The highest BCUT2D eigenvalue weighted by atomic mass is 79.9. The van der Waals surface area contributed by atoms with E-state index < -0.39 is 0 Å². The maximum Gasteiger partial charge on any atom is 0.155 e. The van der Waals surface area contributed by atoms with E-state index in [4.69, 9.17) is 0 Å². The van der Waals surface area contributed by atoms with Gasteiger partial charge in [0, 0.05) is 10.9 Å². The highest BCUT2D eigenvalue weighted by Gasteiger charge is 2.10. The van der Waals surface area contributed by atoms with E-state index in [0.29, 0.717) is 20.1 Å². The van der Waals surface area contributed by atoms with E-state index in [0.717, 1.165) is 6.29 Å². The van der Waals surface area contributed by atoms with Gasteiger partial charge in [-0.3, -0.25) is 4.79 Å². The summed E-state index contributed by atoms with van der Waals surface area (Å²) in [5, 5.41) is 2.45. The molecule has 0 aliphatic rings. The van der Waals surface area contributed by atoms with Crippen LogP contribution in [0, 0.1) is 5.82 Å². The zero-order valence-corrected chi connectivity index (χ0v) is 8.78. The van der Waals surface area contributed by atoms with E-state index in [1.165, 1.54) is 17.4 Å². The van der Waals surface area contributed by atoms with Crippen molar-refractivity contribution in [3.63, 3.8) is 0 Å². The summed E-state index contributed by atoms with van der Waals surface area (Å²) < 4.78 is 14.3. The first-order valence-electron chi connectivity index (χ1n) is 3.54. The van der Waals surface area contributed by atoms with Crippen molar-refractivity contribution >= 4 is 43.6 Å². The number of hydrogen-bond donors (Lipinski definition) is 0. The zero-order valence-electron chi connectivity index (χ0n) is 6.38. The van der Waals surface area contributed by atoms with Gasteiger partial charge in [0.2, 0.25) is 0 Å². The minimum absolute atomic E-state index is 0.296. The number of hydrogen-bond acceptors (Lipinski definition) is 2. The Kier molecular flexibility index (Phi) is 2.17. The lowest BCUT2D eigenvalue weighted by atomic mass is 10.1. The molecular weight excluding hydrogens is 255 g/mol. The van der Waals surface area contributed by atoms with E-state index in [9.17, 15) is 9.18 Å². The maximum atomic E-state index is 13.4. The zero-order chi connectivity index (χ0) is 9.42. The Labute approximate surface area is 86.3 Å². The third-order valence-electron chi connectivity index (χ3n) is 1.79. The van der Waals surface area contributed by atoms with Gasteiger partial charge < -0.3 is 0 Å². The maximum absolute atomic E-state index is 13.4. The van der Waals surface area contributed by atoms with Gasteiger partial charge in [0.05, 0.1) is 9.17 Å². The molecule has 0 aliphatic heterocycles. The van der Waals surface area contributed by atoms with Crippen molar-refractivity contribution < 1.29 is 9.18 Å². The average molecular weight is 259 g/mol. The first-order valence-corrected chi connectivity index (χ1v) is 5.21. The second-order valence-electron chi connectivity index (χ2n) is 2.54. The summed E-state index contributed by atoms with van der Waals surface area (Å²) in [6, 6.07) is 3.25. The molecule has 1 heterocycles.